The predicted molar refractivity (Wildman–Crippen MR) is 61.1 cm³/mol. The van der Waals surface area contributed by atoms with Crippen LogP contribution in [0.5, 0.6) is 0 Å². The average Bonchev–Trinajstić information content (AvgIpc) is 2.22. The fourth-order valence-corrected chi connectivity index (χ4v) is 1.27. The second kappa shape index (κ2) is 5.98. The number of carbonyl (C=O) groups excluding carboxylic acids is 1. The lowest BCUT2D eigenvalue weighted by Gasteiger charge is -2.02. The van der Waals surface area contributed by atoms with Gasteiger partial charge < -0.3 is 10.5 Å². The Morgan fingerprint density at radius 2 is 2.18 bits per heavy atom. The highest BCUT2D eigenvalue weighted by Crippen LogP contribution is 2.19. The molecule has 0 aliphatic rings. The molecule has 0 atom stereocenters. The first-order chi connectivity index (χ1) is 8.04. The Hall–Kier alpha value is -1.91. The first-order valence-corrected chi connectivity index (χ1v) is 5.11. The first kappa shape index (κ1) is 13.2. The Morgan fingerprint density at radius 3 is 2.76 bits per heavy atom. The summed E-state index contributed by atoms with van der Waals surface area (Å²) in [5, 5.41) is 0. The summed E-state index contributed by atoms with van der Waals surface area (Å²) >= 11 is 0. The fraction of sp³-hybridized carbons (Fsp3) is 0.250. The van der Waals surface area contributed by atoms with Gasteiger partial charge in [0.2, 0.25) is 0 Å². The van der Waals surface area contributed by atoms with Crippen molar-refractivity contribution in [2.45, 2.75) is 13.3 Å². The van der Waals surface area contributed by atoms with Crippen molar-refractivity contribution in [2.75, 3.05) is 12.3 Å². The number of rotatable bonds is 4. The molecule has 0 spiro atoms. The summed E-state index contributed by atoms with van der Waals surface area (Å²) in [7, 11) is 0. The van der Waals surface area contributed by atoms with Crippen molar-refractivity contribution in [3.8, 4) is 0 Å². The molecular weight excluding hydrogens is 228 g/mol. The molecule has 2 N–H and O–H groups in total. The van der Waals surface area contributed by atoms with E-state index in [-0.39, 0.29) is 17.7 Å². The van der Waals surface area contributed by atoms with Crippen LogP contribution in [0.3, 0.4) is 0 Å². The minimum absolute atomic E-state index is 0.0115. The van der Waals surface area contributed by atoms with E-state index in [1.165, 1.54) is 12.2 Å². The number of hydrogen-bond acceptors (Lipinski definition) is 3. The van der Waals surface area contributed by atoms with Crippen LogP contribution >= 0.6 is 0 Å². The van der Waals surface area contributed by atoms with Crippen LogP contribution < -0.4 is 5.73 Å². The molecule has 0 unspecified atom stereocenters. The molecule has 0 saturated carbocycles. The van der Waals surface area contributed by atoms with E-state index in [1.807, 2.05) is 0 Å². The molecule has 1 rings (SSSR count). The normalized spacial score (nSPS) is 10.8. The van der Waals surface area contributed by atoms with Gasteiger partial charge in [0.25, 0.3) is 0 Å². The molecule has 0 radical (unpaired) electrons. The molecule has 0 fully saturated rings. The van der Waals surface area contributed by atoms with Crippen molar-refractivity contribution < 1.29 is 18.3 Å². The summed E-state index contributed by atoms with van der Waals surface area (Å²) in [5.74, 6) is -1.91. The van der Waals surface area contributed by atoms with Gasteiger partial charge in [-0.15, -0.1) is 0 Å². The van der Waals surface area contributed by atoms with Crippen LogP contribution in [0.25, 0.3) is 6.08 Å². The Morgan fingerprint density at radius 1 is 1.47 bits per heavy atom. The van der Waals surface area contributed by atoms with Crippen LogP contribution in [0.4, 0.5) is 14.5 Å². The van der Waals surface area contributed by atoms with Crippen LogP contribution in [-0.4, -0.2) is 12.6 Å². The highest BCUT2D eigenvalue weighted by atomic mass is 19.1. The van der Waals surface area contributed by atoms with E-state index in [9.17, 15) is 13.6 Å². The molecule has 1 aromatic rings. The maximum atomic E-state index is 13.3. The number of nitrogens with two attached hydrogens (primary N) is 1. The summed E-state index contributed by atoms with van der Waals surface area (Å²) in [6, 6.07) is 1.76. The number of benzene rings is 1. The highest BCUT2D eigenvalue weighted by molar-refractivity contribution is 5.74. The second-order valence-electron chi connectivity index (χ2n) is 3.30. The highest BCUT2D eigenvalue weighted by Gasteiger charge is 2.06. The first-order valence-electron chi connectivity index (χ1n) is 5.11. The van der Waals surface area contributed by atoms with Gasteiger partial charge in [-0.05, 0) is 13.0 Å². The van der Waals surface area contributed by atoms with Gasteiger partial charge in [-0.25, -0.2) is 8.78 Å². The summed E-state index contributed by atoms with van der Waals surface area (Å²) in [6.07, 6.45) is 2.77. The average molecular weight is 241 g/mol. The van der Waals surface area contributed by atoms with Gasteiger partial charge in [0, 0.05) is 17.3 Å². The molecule has 3 nitrogen and oxygen atoms in total. The van der Waals surface area contributed by atoms with E-state index in [2.05, 4.69) is 4.74 Å². The van der Waals surface area contributed by atoms with Crippen molar-refractivity contribution in [3.63, 3.8) is 0 Å². The second-order valence-corrected chi connectivity index (χ2v) is 3.30. The molecule has 92 valence electrons. The van der Waals surface area contributed by atoms with E-state index < -0.39 is 17.6 Å². The lowest BCUT2D eigenvalue weighted by molar-refractivity contribution is -0.142. The standard InChI is InChI=1S/C12H13F2NO2/c1-2-17-12(16)5-3-4-9-10(14)6-8(13)7-11(9)15/h3-4,6-7H,2,5,15H2,1H3. The van der Waals surface area contributed by atoms with Gasteiger partial charge in [0.05, 0.1) is 13.0 Å². The molecule has 5 heteroatoms. The molecule has 0 saturated heterocycles. The van der Waals surface area contributed by atoms with Crippen molar-refractivity contribution in [2.24, 2.45) is 0 Å². The van der Waals surface area contributed by atoms with Crippen LogP contribution in [0.1, 0.15) is 18.9 Å². The number of anilines is 1. The van der Waals surface area contributed by atoms with Gasteiger partial charge in [-0.3, -0.25) is 4.79 Å². The molecule has 0 aliphatic carbocycles. The van der Waals surface area contributed by atoms with Crippen LogP contribution in [0, 0.1) is 11.6 Å². The van der Waals surface area contributed by atoms with Gasteiger partial charge in [0.1, 0.15) is 11.6 Å². The minimum atomic E-state index is -0.761. The fourth-order valence-electron chi connectivity index (χ4n) is 1.27. The van der Waals surface area contributed by atoms with Crippen molar-refractivity contribution >= 4 is 17.7 Å². The van der Waals surface area contributed by atoms with Gasteiger partial charge in [-0.1, -0.05) is 12.2 Å². The van der Waals surface area contributed by atoms with E-state index in [0.717, 1.165) is 12.1 Å². The molecule has 0 heterocycles. The zero-order valence-corrected chi connectivity index (χ0v) is 9.37. The molecule has 17 heavy (non-hydrogen) atoms. The molecule has 0 amide bonds. The van der Waals surface area contributed by atoms with Gasteiger partial charge >= 0.3 is 5.97 Å². The number of halogens is 2. The number of hydrogen-bond donors (Lipinski definition) is 1. The largest absolute Gasteiger partial charge is 0.466 e. The predicted octanol–water partition coefficient (Wildman–Crippen LogP) is 2.51. The van der Waals surface area contributed by atoms with Crippen LogP contribution in [0.2, 0.25) is 0 Å². The zero-order valence-electron chi connectivity index (χ0n) is 9.37. The third-order valence-electron chi connectivity index (χ3n) is 2.00. The Balaban J connectivity index is 2.75. The minimum Gasteiger partial charge on any atom is -0.466 e. The van der Waals surface area contributed by atoms with Crippen molar-refractivity contribution in [1.82, 2.24) is 0 Å². The summed E-state index contributed by atoms with van der Waals surface area (Å²) in [4.78, 5) is 11.0. The maximum absolute atomic E-state index is 13.3. The summed E-state index contributed by atoms with van der Waals surface area (Å²) in [6.45, 7) is 1.99. The molecular formula is C12H13F2NO2. The maximum Gasteiger partial charge on any atom is 0.309 e. The van der Waals surface area contributed by atoms with E-state index >= 15 is 0 Å². The number of carbonyl (C=O) groups is 1. The van der Waals surface area contributed by atoms with Crippen LogP contribution in [-0.2, 0) is 9.53 Å². The third kappa shape index (κ3) is 3.86. The summed E-state index contributed by atoms with van der Waals surface area (Å²) in [5.41, 5.74) is 5.50. The Labute approximate surface area is 97.9 Å². The Bertz CT molecular complexity index is 421. The van der Waals surface area contributed by atoms with E-state index in [1.54, 1.807) is 6.92 Å². The monoisotopic (exact) mass is 241 g/mol. The SMILES string of the molecule is CCOC(=O)CC=Cc1c(N)cc(F)cc1F. The molecule has 0 aromatic heterocycles. The quantitative estimate of drug-likeness (QED) is 0.651. The Kier molecular flexibility index (Phi) is 4.63. The lowest BCUT2D eigenvalue weighted by Crippen LogP contribution is -2.01. The lowest BCUT2D eigenvalue weighted by atomic mass is 10.1. The zero-order chi connectivity index (χ0) is 12.8. The number of nitrogen functional groups attached to an aromatic ring is 1. The number of ether oxygens (including phenoxy) is 1. The summed E-state index contributed by atoms with van der Waals surface area (Å²) < 4.78 is 30.7. The van der Waals surface area contributed by atoms with Crippen molar-refractivity contribution in [1.29, 1.82) is 0 Å². The molecule has 1 aromatic carbocycles. The topological polar surface area (TPSA) is 52.3 Å². The van der Waals surface area contributed by atoms with Gasteiger partial charge in [-0.2, -0.15) is 0 Å². The molecule has 0 bridgehead atoms. The van der Waals surface area contributed by atoms with Crippen LogP contribution in [0.15, 0.2) is 18.2 Å². The van der Waals surface area contributed by atoms with E-state index in [0.29, 0.717) is 6.61 Å². The third-order valence-corrected chi connectivity index (χ3v) is 2.00. The molecule has 0 aliphatic heterocycles. The van der Waals surface area contributed by atoms with Gasteiger partial charge in [0.15, 0.2) is 0 Å². The number of esters is 1. The van der Waals surface area contributed by atoms with E-state index in [4.69, 9.17) is 5.73 Å². The van der Waals surface area contributed by atoms with Crippen molar-refractivity contribution in [3.05, 3.63) is 35.4 Å². The smallest absolute Gasteiger partial charge is 0.309 e.